The van der Waals surface area contributed by atoms with Crippen LogP contribution in [0.3, 0.4) is 0 Å². The minimum Gasteiger partial charge on any atom is -0.383 e. The standard InChI is InChI=1S/C20H21F3N2O2/c1-27-13-11-24-19(26)25-12-10-14-4-2-3-5-17(14)18(25)15-6-8-16(9-7-15)20(21,22)23/h2-9,18H,10-13H2,1H3,(H,24,26). The number of carbonyl (C=O) groups excluding carboxylic acids is 1. The molecule has 144 valence electrons. The number of carbonyl (C=O) groups is 1. The summed E-state index contributed by atoms with van der Waals surface area (Å²) in [5.41, 5.74) is 1.98. The van der Waals surface area contributed by atoms with Gasteiger partial charge >= 0.3 is 12.2 Å². The van der Waals surface area contributed by atoms with Crippen molar-refractivity contribution in [2.45, 2.75) is 18.6 Å². The third-order valence-electron chi connectivity index (χ3n) is 4.68. The van der Waals surface area contributed by atoms with E-state index < -0.39 is 17.8 Å². The molecule has 0 aromatic heterocycles. The average molecular weight is 378 g/mol. The van der Waals surface area contributed by atoms with Crippen LogP contribution in [-0.2, 0) is 17.3 Å². The summed E-state index contributed by atoms with van der Waals surface area (Å²) in [7, 11) is 1.55. The van der Waals surface area contributed by atoms with E-state index in [-0.39, 0.29) is 6.03 Å². The maximum Gasteiger partial charge on any atom is 0.416 e. The Morgan fingerprint density at radius 2 is 1.89 bits per heavy atom. The van der Waals surface area contributed by atoms with Gasteiger partial charge in [-0.1, -0.05) is 36.4 Å². The van der Waals surface area contributed by atoms with Crippen molar-refractivity contribution in [2.75, 3.05) is 26.8 Å². The predicted molar refractivity (Wildman–Crippen MR) is 95.4 cm³/mol. The van der Waals surface area contributed by atoms with Crippen molar-refractivity contribution >= 4 is 6.03 Å². The molecular formula is C20H21F3N2O2. The van der Waals surface area contributed by atoms with Crippen LogP contribution in [0.25, 0.3) is 0 Å². The first-order valence-corrected chi connectivity index (χ1v) is 8.70. The molecular weight excluding hydrogens is 357 g/mol. The van der Waals surface area contributed by atoms with Crippen molar-refractivity contribution in [1.82, 2.24) is 10.2 Å². The molecule has 4 nitrogen and oxygen atoms in total. The number of urea groups is 1. The van der Waals surface area contributed by atoms with Crippen LogP contribution in [0.4, 0.5) is 18.0 Å². The predicted octanol–water partition coefficient (Wildman–Crippen LogP) is 4.01. The van der Waals surface area contributed by atoms with Gasteiger partial charge in [0.05, 0.1) is 18.2 Å². The first-order valence-electron chi connectivity index (χ1n) is 8.70. The van der Waals surface area contributed by atoms with Crippen molar-refractivity contribution in [3.05, 3.63) is 70.8 Å². The van der Waals surface area contributed by atoms with E-state index in [0.717, 1.165) is 23.3 Å². The third-order valence-corrected chi connectivity index (χ3v) is 4.68. The second-order valence-electron chi connectivity index (χ2n) is 6.39. The van der Waals surface area contributed by atoms with Crippen LogP contribution in [0.1, 0.15) is 28.3 Å². The third kappa shape index (κ3) is 4.24. The fourth-order valence-corrected chi connectivity index (χ4v) is 3.36. The van der Waals surface area contributed by atoms with E-state index in [1.807, 2.05) is 24.3 Å². The maximum absolute atomic E-state index is 12.9. The fourth-order valence-electron chi connectivity index (χ4n) is 3.36. The smallest absolute Gasteiger partial charge is 0.383 e. The van der Waals surface area contributed by atoms with Gasteiger partial charge in [0.2, 0.25) is 0 Å². The van der Waals surface area contributed by atoms with Gasteiger partial charge in [-0.05, 0) is 35.2 Å². The van der Waals surface area contributed by atoms with E-state index >= 15 is 0 Å². The number of rotatable bonds is 4. The molecule has 2 amide bonds. The number of fused-ring (bicyclic) bond motifs is 1. The Kier molecular flexibility index (Phi) is 5.70. The molecule has 0 spiro atoms. The van der Waals surface area contributed by atoms with Crippen molar-refractivity contribution in [3.8, 4) is 0 Å². The number of halogens is 3. The van der Waals surface area contributed by atoms with E-state index in [1.54, 1.807) is 12.0 Å². The van der Waals surface area contributed by atoms with Crippen LogP contribution >= 0.6 is 0 Å². The van der Waals surface area contributed by atoms with Crippen molar-refractivity contribution in [1.29, 1.82) is 0 Å². The van der Waals surface area contributed by atoms with Crippen LogP contribution in [-0.4, -0.2) is 37.7 Å². The number of amides is 2. The van der Waals surface area contributed by atoms with Gasteiger partial charge in [-0.25, -0.2) is 4.79 Å². The zero-order chi connectivity index (χ0) is 19.4. The quantitative estimate of drug-likeness (QED) is 0.817. The summed E-state index contributed by atoms with van der Waals surface area (Å²) in [4.78, 5) is 14.3. The molecule has 0 saturated carbocycles. The Balaban J connectivity index is 1.94. The largest absolute Gasteiger partial charge is 0.416 e. The second-order valence-corrected chi connectivity index (χ2v) is 6.39. The van der Waals surface area contributed by atoms with Crippen molar-refractivity contribution in [2.24, 2.45) is 0 Å². The number of hydrogen-bond acceptors (Lipinski definition) is 2. The molecule has 1 aliphatic heterocycles. The van der Waals surface area contributed by atoms with Gasteiger partial charge in [-0.15, -0.1) is 0 Å². The van der Waals surface area contributed by atoms with Gasteiger partial charge < -0.3 is 15.0 Å². The highest BCUT2D eigenvalue weighted by Gasteiger charge is 2.34. The Morgan fingerprint density at radius 1 is 1.19 bits per heavy atom. The van der Waals surface area contributed by atoms with E-state index in [2.05, 4.69) is 5.32 Å². The monoisotopic (exact) mass is 378 g/mol. The van der Waals surface area contributed by atoms with Crippen molar-refractivity contribution in [3.63, 3.8) is 0 Å². The molecule has 7 heteroatoms. The minimum atomic E-state index is -4.39. The number of nitrogens with zero attached hydrogens (tertiary/aromatic N) is 1. The zero-order valence-corrected chi connectivity index (χ0v) is 14.9. The average Bonchev–Trinajstić information content (AvgIpc) is 2.66. The Hall–Kier alpha value is -2.54. The van der Waals surface area contributed by atoms with Gasteiger partial charge in [0.1, 0.15) is 0 Å². The second kappa shape index (κ2) is 8.00. The lowest BCUT2D eigenvalue weighted by Gasteiger charge is -2.37. The summed E-state index contributed by atoms with van der Waals surface area (Å²) >= 11 is 0. The van der Waals surface area contributed by atoms with Crippen LogP contribution in [0.2, 0.25) is 0 Å². The summed E-state index contributed by atoms with van der Waals surface area (Å²) in [5, 5.41) is 2.80. The van der Waals surface area contributed by atoms with E-state index in [1.165, 1.54) is 12.1 Å². The molecule has 1 N–H and O–H groups in total. The van der Waals surface area contributed by atoms with Crippen molar-refractivity contribution < 1.29 is 22.7 Å². The molecule has 0 aliphatic carbocycles. The number of methoxy groups -OCH3 is 1. The molecule has 2 aromatic rings. The zero-order valence-electron chi connectivity index (χ0n) is 14.9. The van der Waals surface area contributed by atoms with Gasteiger partial charge in [0.25, 0.3) is 0 Å². The molecule has 0 saturated heterocycles. The molecule has 0 bridgehead atoms. The highest BCUT2D eigenvalue weighted by atomic mass is 19.4. The summed E-state index contributed by atoms with van der Waals surface area (Å²) in [6, 6.07) is 12.1. The summed E-state index contributed by atoms with van der Waals surface area (Å²) in [6.45, 7) is 1.25. The van der Waals surface area contributed by atoms with Gasteiger partial charge in [0, 0.05) is 20.2 Å². The van der Waals surface area contributed by atoms with E-state index in [0.29, 0.717) is 31.7 Å². The summed E-state index contributed by atoms with van der Waals surface area (Å²) < 4.78 is 43.6. The highest BCUT2D eigenvalue weighted by Crippen LogP contribution is 2.36. The lowest BCUT2D eigenvalue weighted by atomic mass is 9.88. The summed E-state index contributed by atoms with van der Waals surface area (Å²) in [6.07, 6.45) is -3.69. The normalized spacial score (nSPS) is 16.7. The Labute approximate surface area is 155 Å². The molecule has 0 fully saturated rings. The first-order chi connectivity index (χ1) is 12.9. The molecule has 0 radical (unpaired) electrons. The lowest BCUT2D eigenvalue weighted by molar-refractivity contribution is -0.137. The van der Waals surface area contributed by atoms with E-state index in [4.69, 9.17) is 4.74 Å². The van der Waals surface area contributed by atoms with Crippen LogP contribution in [0, 0.1) is 0 Å². The number of hydrogen-bond donors (Lipinski definition) is 1. The molecule has 27 heavy (non-hydrogen) atoms. The Morgan fingerprint density at radius 3 is 2.56 bits per heavy atom. The van der Waals surface area contributed by atoms with Crippen LogP contribution in [0.15, 0.2) is 48.5 Å². The van der Waals surface area contributed by atoms with Gasteiger partial charge in [0.15, 0.2) is 0 Å². The molecule has 1 unspecified atom stereocenters. The van der Waals surface area contributed by atoms with E-state index in [9.17, 15) is 18.0 Å². The number of benzene rings is 2. The fraction of sp³-hybridized carbons (Fsp3) is 0.350. The molecule has 2 aromatic carbocycles. The molecule has 1 atom stereocenters. The SMILES string of the molecule is COCCNC(=O)N1CCc2ccccc2C1c1ccc(C(F)(F)F)cc1. The van der Waals surface area contributed by atoms with Crippen LogP contribution < -0.4 is 5.32 Å². The van der Waals surface area contributed by atoms with Crippen LogP contribution in [0.5, 0.6) is 0 Å². The molecule has 3 rings (SSSR count). The minimum absolute atomic E-state index is 0.258. The molecule has 1 heterocycles. The number of ether oxygens (including phenoxy) is 1. The topological polar surface area (TPSA) is 41.6 Å². The molecule has 1 aliphatic rings. The summed E-state index contributed by atoms with van der Waals surface area (Å²) in [5.74, 6) is 0. The van der Waals surface area contributed by atoms with Gasteiger partial charge in [-0.2, -0.15) is 13.2 Å². The Bertz CT molecular complexity index is 791. The van der Waals surface area contributed by atoms with Gasteiger partial charge in [-0.3, -0.25) is 0 Å². The first kappa shape index (κ1) is 19.2. The maximum atomic E-state index is 12.9. The highest BCUT2D eigenvalue weighted by molar-refractivity contribution is 5.76. The lowest BCUT2D eigenvalue weighted by Crippen LogP contribution is -2.46. The number of alkyl halides is 3. The number of nitrogens with one attached hydrogen (secondary N) is 1.